The Morgan fingerprint density at radius 2 is 1.83 bits per heavy atom. The summed E-state index contributed by atoms with van der Waals surface area (Å²) in [5.74, 6) is 1.78. The molecule has 4 rings (SSSR count). The highest BCUT2D eigenvalue weighted by Crippen LogP contribution is 2.63. The van der Waals surface area contributed by atoms with Crippen molar-refractivity contribution < 1.29 is 9.90 Å². The molecule has 0 aromatic carbocycles. The third-order valence-electron chi connectivity index (χ3n) is 8.96. The van der Waals surface area contributed by atoms with Crippen molar-refractivity contribution in [3.05, 3.63) is 46.1 Å². The van der Waals surface area contributed by atoms with E-state index in [1.54, 1.807) is 6.08 Å². The molecule has 0 radical (unpaired) electrons. The van der Waals surface area contributed by atoms with Crippen LogP contribution in [0.25, 0.3) is 0 Å². The summed E-state index contributed by atoms with van der Waals surface area (Å²) in [5.41, 5.74) is 6.69. The number of allylic oxidation sites excluding steroid dienone is 7. The van der Waals surface area contributed by atoms with Gasteiger partial charge in [-0.3, -0.25) is 4.79 Å². The highest BCUT2D eigenvalue weighted by Gasteiger charge is 2.53. The Bertz CT molecular complexity index is 867. The lowest BCUT2D eigenvalue weighted by Crippen LogP contribution is -2.40. The fraction of sp³-hybridized carbons (Fsp3) is 0.679. The summed E-state index contributed by atoms with van der Waals surface area (Å²) in [7, 11) is 0. The van der Waals surface area contributed by atoms with Crippen LogP contribution in [-0.2, 0) is 4.79 Å². The standard InChI is InChI=1S/C28H40O2/c1-17(2)8-7-9-18(3)26-25(30)16-23-20-10-11-21-19(4)24(29)13-15-27(21,5)22(20)12-14-28(23,26)6/h13,15-18,25-26,30H,7-12,14H2,1-6H3/t18-,25+,26-,27+,28-/m1/s1. The number of aliphatic hydroxyl groups excluding tert-OH is 1. The maximum absolute atomic E-state index is 12.3. The van der Waals surface area contributed by atoms with E-state index in [9.17, 15) is 9.90 Å². The summed E-state index contributed by atoms with van der Waals surface area (Å²) >= 11 is 0. The van der Waals surface area contributed by atoms with Gasteiger partial charge in [0.1, 0.15) is 0 Å². The average molecular weight is 409 g/mol. The molecule has 0 aromatic rings. The van der Waals surface area contributed by atoms with Crippen molar-refractivity contribution in [1.29, 1.82) is 0 Å². The third-order valence-corrected chi connectivity index (χ3v) is 8.96. The van der Waals surface area contributed by atoms with E-state index >= 15 is 0 Å². The van der Waals surface area contributed by atoms with E-state index in [0.29, 0.717) is 11.8 Å². The number of rotatable bonds is 5. The topological polar surface area (TPSA) is 37.3 Å². The Labute approximate surface area is 183 Å². The molecule has 30 heavy (non-hydrogen) atoms. The molecule has 0 aromatic heterocycles. The molecule has 0 amide bonds. The molecule has 0 heterocycles. The third kappa shape index (κ3) is 3.22. The van der Waals surface area contributed by atoms with Crippen LogP contribution in [0, 0.1) is 28.6 Å². The second kappa shape index (κ2) is 7.62. The van der Waals surface area contributed by atoms with Gasteiger partial charge in [-0.25, -0.2) is 0 Å². The lowest BCUT2D eigenvalue weighted by molar-refractivity contribution is -0.111. The zero-order chi connectivity index (χ0) is 21.8. The number of ketones is 1. The van der Waals surface area contributed by atoms with Gasteiger partial charge < -0.3 is 5.11 Å². The zero-order valence-corrected chi connectivity index (χ0v) is 19.8. The van der Waals surface area contributed by atoms with Crippen LogP contribution in [0.3, 0.4) is 0 Å². The highest BCUT2D eigenvalue weighted by atomic mass is 16.3. The van der Waals surface area contributed by atoms with E-state index in [0.717, 1.165) is 37.2 Å². The minimum atomic E-state index is -0.333. The van der Waals surface area contributed by atoms with Crippen LogP contribution >= 0.6 is 0 Å². The predicted molar refractivity (Wildman–Crippen MR) is 124 cm³/mol. The first kappa shape index (κ1) is 21.8. The molecule has 0 fully saturated rings. The number of carbonyl (C=O) groups excluding carboxylic acids is 1. The Hall–Kier alpha value is -1.41. The fourth-order valence-corrected chi connectivity index (χ4v) is 7.30. The Morgan fingerprint density at radius 3 is 2.53 bits per heavy atom. The van der Waals surface area contributed by atoms with Crippen LogP contribution in [0.2, 0.25) is 0 Å². The number of carbonyl (C=O) groups is 1. The van der Waals surface area contributed by atoms with E-state index in [-0.39, 0.29) is 22.7 Å². The molecule has 0 bridgehead atoms. The maximum Gasteiger partial charge on any atom is 0.181 e. The second-order valence-corrected chi connectivity index (χ2v) is 11.3. The van der Waals surface area contributed by atoms with Crippen molar-refractivity contribution in [1.82, 2.24) is 0 Å². The lowest BCUT2D eigenvalue weighted by Gasteiger charge is -2.49. The van der Waals surface area contributed by atoms with Gasteiger partial charge in [0.2, 0.25) is 0 Å². The predicted octanol–water partition coefficient (Wildman–Crippen LogP) is 6.72. The molecule has 0 aliphatic heterocycles. The Kier molecular flexibility index (Phi) is 5.54. The first-order chi connectivity index (χ1) is 14.1. The summed E-state index contributed by atoms with van der Waals surface area (Å²) in [6.07, 6.45) is 13.7. The molecular weight excluding hydrogens is 368 g/mol. The van der Waals surface area contributed by atoms with E-state index in [4.69, 9.17) is 0 Å². The molecule has 0 saturated carbocycles. The summed E-state index contributed by atoms with van der Waals surface area (Å²) in [6, 6.07) is 0. The molecule has 0 saturated heterocycles. The minimum Gasteiger partial charge on any atom is -0.389 e. The van der Waals surface area contributed by atoms with Gasteiger partial charge in [0, 0.05) is 11.3 Å². The van der Waals surface area contributed by atoms with E-state index in [2.05, 4.69) is 46.8 Å². The zero-order valence-electron chi connectivity index (χ0n) is 19.8. The van der Waals surface area contributed by atoms with Gasteiger partial charge in [-0.15, -0.1) is 0 Å². The summed E-state index contributed by atoms with van der Waals surface area (Å²) in [5, 5.41) is 11.2. The van der Waals surface area contributed by atoms with Crippen molar-refractivity contribution in [2.75, 3.05) is 0 Å². The molecule has 5 atom stereocenters. The quantitative estimate of drug-likeness (QED) is 0.548. The summed E-state index contributed by atoms with van der Waals surface area (Å²) in [4.78, 5) is 12.3. The van der Waals surface area contributed by atoms with Gasteiger partial charge in [0.05, 0.1) is 6.10 Å². The first-order valence-electron chi connectivity index (χ1n) is 12.2. The Balaban J connectivity index is 1.66. The van der Waals surface area contributed by atoms with Crippen LogP contribution in [-0.4, -0.2) is 17.0 Å². The lowest BCUT2D eigenvalue weighted by atomic mass is 9.54. The molecule has 2 heteroatoms. The van der Waals surface area contributed by atoms with Crippen molar-refractivity contribution in [2.24, 2.45) is 28.6 Å². The molecule has 164 valence electrons. The molecule has 2 nitrogen and oxygen atoms in total. The van der Waals surface area contributed by atoms with Gasteiger partial charge in [-0.05, 0) is 85.2 Å². The smallest absolute Gasteiger partial charge is 0.181 e. The van der Waals surface area contributed by atoms with Crippen molar-refractivity contribution >= 4 is 5.78 Å². The number of hydrogen-bond acceptors (Lipinski definition) is 2. The Morgan fingerprint density at radius 1 is 1.10 bits per heavy atom. The molecule has 4 aliphatic rings. The molecule has 0 unspecified atom stereocenters. The number of aliphatic hydroxyl groups is 1. The normalized spacial score (nSPS) is 36.7. The van der Waals surface area contributed by atoms with Gasteiger partial charge in [0.25, 0.3) is 0 Å². The van der Waals surface area contributed by atoms with E-state index < -0.39 is 0 Å². The largest absolute Gasteiger partial charge is 0.389 e. The van der Waals surface area contributed by atoms with Crippen LogP contribution in [0.15, 0.2) is 46.1 Å². The van der Waals surface area contributed by atoms with Crippen molar-refractivity contribution in [2.45, 2.75) is 92.6 Å². The molecule has 0 spiro atoms. The first-order valence-corrected chi connectivity index (χ1v) is 12.2. The van der Waals surface area contributed by atoms with Crippen molar-refractivity contribution in [3.8, 4) is 0 Å². The summed E-state index contributed by atoms with van der Waals surface area (Å²) in [6.45, 7) is 13.7. The van der Waals surface area contributed by atoms with E-state index in [1.807, 2.05) is 6.92 Å². The average Bonchev–Trinajstić information content (AvgIpc) is 2.95. The second-order valence-electron chi connectivity index (χ2n) is 11.3. The van der Waals surface area contributed by atoms with Gasteiger partial charge >= 0.3 is 0 Å². The molecular formula is C28H40O2. The van der Waals surface area contributed by atoms with Crippen LogP contribution < -0.4 is 0 Å². The number of fused-ring (bicyclic) bond motifs is 4. The monoisotopic (exact) mass is 408 g/mol. The van der Waals surface area contributed by atoms with Gasteiger partial charge in [-0.2, -0.15) is 0 Å². The molecule has 1 N–H and O–H groups in total. The van der Waals surface area contributed by atoms with Crippen LogP contribution in [0.1, 0.15) is 86.5 Å². The van der Waals surface area contributed by atoms with Gasteiger partial charge in [-0.1, -0.05) is 64.7 Å². The minimum absolute atomic E-state index is 0.0797. The maximum atomic E-state index is 12.3. The molecule has 4 aliphatic carbocycles. The fourth-order valence-electron chi connectivity index (χ4n) is 7.30. The van der Waals surface area contributed by atoms with E-state index in [1.165, 1.54) is 41.6 Å². The highest BCUT2D eigenvalue weighted by molar-refractivity contribution is 6.05. The number of hydrogen-bond donors (Lipinski definition) is 1. The summed E-state index contributed by atoms with van der Waals surface area (Å²) < 4.78 is 0. The van der Waals surface area contributed by atoms with Gasteiger partial charge in [0.15, 0.2) is 5.78 Å². The van der Waals surface area contributed by atoms with Crippen molar-refractivity contribution in [3.63, 3.8) is 0 Å². The van der Waals surface area contributed by atoms with Crippen LogP contribution in [0.4, 0.5) is 0 Å². The van der Waals surface area contributed by atoms with Crippen LogP contribution in [0.5, 0.6) is 0 Å². The SMILES string of the molecule is CC1=C2CCC3=C(CC[C@]4(C)C3=C[C@H](O)[C@H]4[C@H](C)CCCC(C)C)[C@@]2(C)C=CC1=O.